The first kappa shape index (κ1) is 10.1. The van der Waals surface area contributed by atoms with E-state index in [4.69, 9.17) is 22.1 Å². The molecule has 1 aromatic rings. The van der Waals surface area contributed by atoms with Crippen molar-refractivity contribution in [3.63, 3.8) is 0 Å². The molecule has 1 aliphatic heterocycles. The summed E-state index contributed by atoms with van der Waals surface area (Å²) < 4.78 is 5.54. The SMILES string of the molecule is CC1CC(=O)Nc2cc(N)cc(Cl)c2O1. The van der Waals surface area contributed by atoms with Gasteiger partial charge in [0.15, 0.2) is 5.75 Å². The largest absolute Gasteiger partial charge is 0.486 e. The highest BCUT2D eigenvalue weighted by molar-refractivity contribution is 6.33. The topological polar surface area (TPSA) is 64.4 Å². The summed E-state index contributed by atoms with van der Waals surface area (Å²) in [5.41, 5.74) is 6.66. The normalized spacial score (nSPS) is 19.9. The number of nitrogens with two attached hydrogens (primary N) is 1. The maximum atomic E-state index is 11.4. The van der Waals surface area contributed by atoms with E-state index in [0.717, 1.165) is 0 Å². The number of fused-ring (bicyclic) bond motifs is 1. The number of nitrogen functional groups attached to an aromatic ring is 1. The van der Waals surface area contributed by atoms with Crippen LogP contribution in [0.2, 0.25) is 5.02 Å². The molecule has 80 valence electrons. The quantitative estimate of drug-likeness (QED) is 0.666. The molecule has 0 aromatic heterocycles. The first-order valence-electron chi connectivity index (χ1n) is 4.62. The Kier molecular flexibility index (Phi) is 2.44. The first-order chi connectivity index (χ1) is 7.06. The molecule has 1 aromatic carbocycles. The maximum Gasteiger partial charge on any atom is 0.228 e. The smallest absolute Gasteiger partial charge is 0.228 e. The molecule has 1 atom stereocenters. The van der Waals surface area contributed by atoms with Crippen LogP contribution < -0.4 is 15.8 Å². The Morgan fingerprint density at radius 1 is 1.60 bits per heavy atom. The molecule has 5 heteroatoms. The zero-order valence-corrected chi connectivity index (χ0v) is 8.97. The van der Waals surface area contributed by atoms with E-state index in [2.05, 4.69) is 5.32 Å². The van der Waals surface area contributed by atoms with Crippen molar-refractivity contribution in [3.8, 4) is 5.75 Å². The molecule has 2 rings (SSSR count). The minimum atomic E-state index is -0.188. The van der Waals surface area contributed by atoms with E-state index in [9.17, 15) is 4.79 Å². The zero-order valence-electron chi connectivity index (χ0n) is 8.21. The Labute approximate surface area is 92.4 Å². The average molecular weight is 227 g/mol. The molecule has 0 bridgehead atoms. The van der Waals surface area contributed by atoms with Gasteiger partial charge in [-0.2, -0.15) is 0 Å². The van der Waals surface area contributed by atoms with Gasteiger partial charge in [0.1, 0.15) is 6.10 Å². The zero-order chi connectivity index (χ0) is 11.0. The van der Waals surface area contributed by atoms with Gasteiger partial charge in [-0.3, -0.25) is 4.79 Å². The molecular formula is C10H11ClN2O2. The van der Waals surface area contributed by atoms with Crippen molar-refractivity contribution in [2.24, 2.45) is 0 Å². The number of halogens is 1. The number of nitrogens with one attached hydrogen (secondary N) is 1. The summed E-state index contributed by atoms with van der Waals surface area (Å²) in [4.78, 5) is 11.4. The van der Waals surface area contributed by atoms with Crippen molar-refractivity contribution >= 4 is 28.9 Å². The summed E-state index contributed by atoms with van der Waals surface area (Å²) in [6.07, 6.45) is 0.123. The van der Waals surface area contributed by atoms with Gasteiger partial charge in [0, 0.05) is 5.69 Å². The number of rotatable bonds is 0. The van der Waals surface area contributed by atoms with Crippen molar-refractivity contribution in [3.05, 3.63) is 17.2 Å². The van der Waals surface area contributed by atoms with Gasteiger partial charge >= 0.3 is 0 Å². The molecule has 0 spiro atoms. The lowest BCUT2D eigenvalue weighted by Gasteiger charge is -2.13. The van der Waals surface area contributed by atoms with Gasteiger partial charge in [-0.15, -0.1) is 0 Å². The van der Waals surface area contributed by atoms with E-state index in [-0.39, 0.29) is 12.0 Å². The molecule has 0 aliphatic carbocycles. The number of anilines is 2. The lowest BCUT2D eigenvalue weighted by Crippen LogP contribution is -2.17. The second-order valence-corrected chi connectivity index (χ2v) is 3.97. The van der Waals surface area contributed by atoms with Gasteiger partial charge in [0.05, 0.1) is 17.1 Å². The molecule has 0 saturated heterocycles. The van der Waals surface area contributed by atoms with E-state index in [0.29, 0.717) is 28.6 Å². The number of hydrogen-bond donors (Lipinski definition) is 2. The lowest BCUT2D eigenvalue weighted by molar-refractivity contribution is -0.117. The Bertz CT molecular complexity index is 420. The van der Waals surface area contributed by atoms with E-state index < -0.39 is 0 Å². The fraction of sp³-hybridized carbons (Fsp3) is 0.300. The highest BCUT2D eigenvalue weighted by Crippen LogP contribution is 2.38. The van der Waals surface area contributed by atoms with Crippen molar-refractivity contribution in [2.75, 3.05) is 11.1 Å². The minimum absolute atomic E-state index is 0.0945. The second kappa shape index (κ2) is 3.62. The van der Waals surface area contributed by atoms with E-state index >= 15 is 0 Å². The summed E-state index contributed by atoms with van der Waals surface area (Å²) in [7, 11) is 0. The predicted octanol–water partition coefficient (Wildman–Crippen LogP) is 2.03. The number of carbonyl (C=O) groups is 1. The monoisotopic (exact) mass is 226 g/mol. The highest BCUT2D eigenvalue weighted by Gasteiger charge is 2.21. The van der Waals surface area contributed by atoms with Gasteiger partial charge in [0.2, 0.25) is 5.91 Å². The van der Waals surface area contributed by atoms with Gasteiger partial charge in [-0.1, -0.05) is 11.6 Å². The number of benzene rings is 1. The lowest BCUT2D eigenvalue weighted by atomic mass is 10.2. The van der Waals surface area contributed by atoms with Crippen LogP contribution in [0.4, 0.5) is 11.4 Å². The number of hydrogen-bond acceptors (Lipinski definition) is 3. The highest BCUT2D eigenvalue weighted by atomic mass is 35.5. The summed E-state index contributed by atoms with van der Waals surface area (Å²) in [5.74, 6) is 0.395. The van der Waals surface area contributed by atoms with Gasteiger partial charge < -0.3 is 15.8 Å². The standard InChI is InChI=1S/C10H11ClN2O2/c1-5-2-9(14)13-8-4-6(12)3-7(11)10(8)15-5/h3-5H,2,12H2,1H3,(H,13,14). The van der Waals surface area contributed by atoms with E-state index in [1.165, 1.54) is 0 Å². The summed E-state index contributed by atoms with van der Waals surface area (Å²) in [6.45, 7) is 1.82. The minimum Gasteiger partial charge on any atom is -0.486 e. The average Bonchev–Trinajstić information content (AvgIpc) is 2.22. The summed E-state index contributed by atoms with van der Waals surface area (Å²) in [6, 6.07) is 3.24. The molecule has 0 fully saturated rings. The summed E-state index contributed by atoms with van der Waals surface area (Å²) in [5, 5.41) is 3.12. The second-order valence-electron chi connectivity index (χ2n) is 3.56. The molecule has 1 amide bonds. The maximum absolute atomic E-state index is 11.4. The number of amides is 1. The fourth-order valence-electron chi connectivity index (χ4n) is 1.53. The fourth-order valence-corrected chi connectivity index (χ4v) is 1.80. The van der Waals surface area contributed by atoms with Crippen LogP contribution in [0, 0.1) is 0 Å². The van der Waals surface area contributed by atoms with Crippen LogP contribution >= 0.6 is 11.6 Å². The van der Waals surface area contributed by atoms with Crippen molar-refractivity contribution in [2.45, 2.75) is 19.4 Å². The third kappa shape index (κ3) is 1.99. The van der Waals surface area contributed by atoms with Crippen molar-refractivity contribution < 1.29 is 9.53 Å². The summed E-state index contributed by atoms with van der Waals surface area (Å²) >= 11 is 5.98. The van der Waals surface area contributed by atoms with E-state index in [1.807, 2.05) is 6.92 Å². The van der Waals surface area contributed by atoms with Crippen LogP contribution in [0.15, 0.2) is 12.1 Å². The molecule has 0 saturated carbocycles. The van der Waals surface area contributed by atoms with Crippen LogP contribution in [0.1, 0.15) is 13.3 Å². The van der Waals surface area contributed by atoms with Crippen LogP contribution in [0.25, 0.3) is 0 Å². The molecule has 3 N–H and O–H groups in total. The molecule has 1 heterocycles. The third-order valence-electron chi connectivity index (χ3n) is 2.13. The van der Waals surface area contributed by atoms with Crippen LogP contribution in [0.3, 0.4) is 0 Å². The molecular weight excluding hydrogens is 216 g/mol. The molecule has 1 unspecified atom stereocenters. The number of carbonyl (C=O) groups excluding carboxylic acids is 1. The Morgan fingerprint density at radius 2 is 2.33 bits per heavy atom. The Hall–Kier alpha value is -1.42. The molecule has 1 aliphatic rings. The van der Waals surface area contributed by atoms with Crippen LogP contribution in [-0.4, -0.2) is 12.0 Å². The molecule has 4 nitrogen and oxygen atoms in total. The Morgan fingerprint density at radius 3 is 3.07 bits per heavy atom. The predicted molar refractivity (Wildman–Crippen MR) is 59.2 cm³/mol. The molecule has 15 heavy (non-hydrogen) atoms. The van der Waals surface area contributed by atoms with Crippen LogP contribution in [-0.2, 0) is 4.79 Å². The van der Waals surface area contributed by atoms with Gasteiger partial charge in [-0.05, 0) is 19.1 Å². The first-order valence-corrected chi connectivity index (χ1v) is 4.99. The van der Waals surface area contributed by atoms with Gasteiger partial charge in [0.25, 0.3) is 0 Å². The number of ether oxygens (including phenoxy) is 1. The van der Waals surface area contributed by atoms with Crippen LogP contribution in [0.5, 0.6) is 5.75 Å². The van der Waals surface area contributed by atoms with Crippen molar-refractivity contribution in [1.82, 2.24) is 0 Å². The molecule has 0 radical (unpaired) electrons. The third-order valence-corrected chi connectivity index (χ3v) is 2.41. The Balaban J connectivity index is 2.50. The van der Waals surface area contributed by atoms with E-state index in [1.54, 1.807) is 12.1 Å². The van der Waals surface area contributed by atoms with Crippen molar-refractivity contribution in [1.29, 1.82) is 0 Å². The van der Waals surface area contributed by atoms with Gasteiger partial charge in [-0.25, -0.2) is 0 Å².